The van der Waals surface area contributed by atoms with Crippen LogP contribution in [0.1, 0.15) is 24.8 Å². The molecule has 208 valence electrons. The number of rotatable bonds is 10. The summed E-state index contributed by atoms with van der Waals surface area (Å²) in [5.41, 5.74) is 1.40. The van der Waals surface area contributed by atoms with Crippen molar-refractivity contribution in [3.05, 3.63) is 54.1 Å². The second kappa shape index (κ2) is 12.6. The van der Waals surface area contributed by atoms with Crippen molar-refractivity contribution in [3.63, 3.8) is 0 Å². The fourth-order valence-corrected chi connectivity index (χ4v) is 7.94. The molecule has 4 rings (SSSR count). The van der Waals surface area contributed by atoms with Crippen LogP contribution in [0.25, 0.3) is 0 Å². The van der Waals surface area contributed by atoms with Crippen LogP contribution in [-0.2, 0) is 36.0 Å². The Morgan fingerprint density at radius 1 is 1.03 bits per heavy atom. The molecule has 0 aromatic heterocycles. The van der Waals surface area contributed by atoms with Crippen LogP contribution < -0.4 is 10.1 Å². The summed E-state index contributed by atoms with van der Waals surface area (Å²) in [6, 6.07) is 14.2. The first-order chi connectivity index (χ1) is 18.2. The molecule has 2 aromatic rings. The highest BCUT2D eigenvalue weighted by Crippen LogP contribution is 2.31. The van der Waals surface area contributed by atoms with Crippen molar-refractivity contribution in [1.29, 1.82) is 0 Å². The normalized spacial score (nSPS) is 19.7. The Balaban J connectivity index is 1.40. The molecule has 1 amide bonds. The number of nitrogens with one attached hydrogen (secondary N) is 1. The molecule has 38 heavy (non-hydrogen) atoms. The van der Waals surface area contributed by atoms with Gasteiger partial charge in [0, 0.05) is 31.9 Å². The van der Waals surface area contributed by atoms with Crippen molar-refractivity contribution >= 4 is 31.6 Å². The summed E-state index contributed by atoms with van der Waals surface area (Å²) < 4.78 is 65.7. The van der Waals surface area contributed by atoms with Crippen molar-refractivity contribution < 1.29 is 31.1 Å². The SMILES string of the molecule is COc1ccc(NC(=O)[C@H]2CCCN(S(=O)(=O)CCCc3ccccc3)C2)cc1S(=O)(=O)N1CCOCC1. The Morgan fingerprint density at radius 3 is 2.47 bits per heavy atom. The Labute approximate surface area is 225 Å². The molecule has 2 heterocycles. The number of methoxy groups -OCH3 is 1. The van der Waals surface area contributed by atoms with Gasteiger partial charge in [0.25, 0.3) is 0 Å². The molecule has 2 aliphatic rings. The zero-order valence-corrected chi connectivity index (χ0v) is 23.2. The molecule has 0 saturated carbocycles. The fraction of sp³-hybridized carbons (Fsp3) is 0.500. The number of sulfonamides is 2. The summed E-state index contributed by atoms with van der Waals surface area (Å²) >= 11 is 0. The summed E-state index contributed by atoms with van der Waals surface area (Å²) in [5.74, 6) is -0.666. The van der Waals surface area contributed by atoms with E-state index in [9.17, 15) is 21.6 Å². The number of hydrogen-bond acceptors (Lipinski definition) is 7. The van der Waals surface area contributed by atoms with Crippen LogP contribution in [0.2, 0.25) is 0 Å². The summed E-state index contributed by atoms with van der Waals surface area (Å²) in [4.78, 5) is 13.1. The van der Waals surface area contributed by atoms with Crippen molar-refractivity contribution in [1.82, 2.24) is 8.61 Å². The maximum absolute atomic E-state index is 13.2. The van der Waals surface area contributed by atoms with E-state index < -0.39 is 26.0 Å². The van der Waals surface area contributed by atoms with Crippen LogP contribution in [0.5, 0.6) is 5.75 Å². The van der Waals surface area contributed by atoms with Crippen molar-refractivity contribution in [2.24, 2.45) is 5.92 Å². The Hall–Kier alpha value is -2.51. The van der Waals surface area contributed by atoms with Gasteiger partial charge in [0.05, 0.1) is 32.0 Å². The van der Waals surface area contributed by atoms with Crippen molar-refractivity contribution in [3.8, 4) is 5.75 Å². The zero-order chi connectivity index (χ0) is 27.2. The standard InChI is InChI=1S/C26H35N3O7S2/c1-35-24-12-11-23(19-25(24)38(33,34)28-14-16-36-17-15-28)27-26(30)22-10-5-13-29(20-22)37(31,32)18-6-9-21-7-3-2-4-8-21/h2-4,7-8,11-12,19,22H,5-6,9-10,13-18,20H2,1H3,(H,27,30)/t22-/m0/s1. The van der Waals surface area contributed by atoms with E-state index in [-0.39, 0.29) is 41.9 Å². The summed E-state index contributed by atoms with van der Waals surface area (Å²) in [6.45, 7) is 1.59. The van der Waals surface area contributed by atoms with Gasteiger partial charge in [-0.2, -0.15) is 4.31 Å². The minimum Gasteiger partial charge on any atom is -0.495 e. The molecule has 1 atom stereocenters. The van der Waals surface area contributed by atoms with Crippen LogP contribution in [-0.4, -0.2) is 83.6 Å². The first-order valence-electron chi connectivity index (χ1n) is 12.8. The van der Waals surface area contributed by atoms with E-state index in [0.29, 0.717) is 51.1 Å². The maximum atomic E-state index is 13.2. The zero-order valence-electron chi connectivity index (χ0n) is 21.5. The van der Waals surface area contributed by atoms with Crippen LogP contribution in [0.4, 0.5) is 5.69 Å². The first kappa shape index (κ1) is 28.5. The van der Waals surface area contributed by atoms with Crippen molar-refractivity contribution in [2.75, 3.05) is 57.6 Å². The predicted molar refractivity (Wildman–Crippen MR) is 144 cm³/mol. The summed E-state index contributed by atoms with van der Waals surface area (Å²) in [6.07, 6.45) is 2.31. The summed E-state index contributed by atoms with van der Waals surface area (Å²) in [5, 5.41) is 2.79. The third kappa shape index (κ3) is 6.92. The van der Waals surface area contributed by atoms with Crippen LogP contribution >= 0.6 is 0 Å². The van der Waals surface area contributed by atoms with Crippen LogP contribution in [0.3, 0.4) is 0 Å². The molecule has 2 fully saturated rings. The lowest BCUT2D eigenvalue weighted by Crippen LogP contribution is -2.44. The van der Waals surface area contributed by atoms with Gasteiger partial charge in [-0.05, 0) is 49.4 Å². The highest BCUT2D eigenvalue weighted by atomic mass is 32.2. The van der Waals surface area contributed by atoms with Gasteiger partial charge in [0.15, 0.2) is 0 Å². The van der Waals surface area contributed by atoms with Crippen LogP contribution in [0, 0.1) is 5.92 Å². The molecule has 0 bridgehead atoms. The number of hydrogen-bond donors (Lipinski definition) is 1. The Morgan fingerprint density at radius 2 is 1.76 bits per heavy atom. The molecule has 12 heteroatoms. The van der Waals surface area contributed by atoms with Gasteiger partial charge in [0.1, 0.15) is 10.6 Å². The van der Waals surface area contributed by atoms with Gasteiger partial charge >= 0.3 is 0 Å². The average Bonchev–Trinajstić information content (AvgIpc) is 2.94. The van der Waals surface area contributed by atoms with Gasteiger partial charge in [-0.1, -0.05) is 30.3 Å². The number of aryl methyl sites for hydroxylation is 1. The van der Waals surface area contributed by atoms with Crippen molar-refractivity contribution in [2.45, 2.75) is 30.6 Å². The van der Waals surface area contributed by atoms with E-state index in [4.69, 9.17) is 9.47 Å². The average molecular weight is 566 g/mol. The fourth-order valence-electron chi connectivity index (χ4n) is 4.77. The minimum atomic E-state index is -3.86. The smallest absolute Gasteiger partial charge is 0.246 e. The molecule has 2 aliphatic heterocycles. The van der Waals surface area contributed by atoms with E-state index in [1.54, 1.807) is 6.07 Å². The second-order valence-corrected chi connectivity index (χ2v) is 13.5. The predicted octanol–water partition coefficient (Wildman–Crippen LogP) is 2.33. The number of nitrogens with zero attached hydrogens (tertiary/aromatic N) is 2. The molecule has 0 spiro atoms. The van der Waals surface area contributed by atoms with E-state index in [2.05, 4.69) is 5.32 Å². The molecule has 2 saturated heterocycles. The molecule has 0 radical (unpaired) electrons. The van der Waals surface area contributed by atoms with Gasteiger partial charge in [-0.25, -0.2) is 21.1 Å². The van der Waals surface area contributed by atoms with Gasteiger partial charge in [-0.15, -0.1) is 0 Å². The number of carbonyl (C=O) groups is 1. The van der Waals surface area contributed by atoms with E-state index >= 15 is 0 Å². The number of ether oxygens (including phenoxy) is 2. The van der Waals surface area contributed by atoms with Crippen LogP contribution in [0.15, 0.2) is 53.4 Å². The topological polar surface area (TPSA) is 122 Å². The number of morpholine rings is 1. The lowest BCUT2D eigenvalue weighted by atomic mass is 9.98. The molecule has 10 nitrogen and oxygen atoms in total. The number of carbonyl (C=O) groups excluding carboxylic acids is 1. The highest BCUT2D eigenvalue weighted by molar-refractivity contribution is 7.89. The van der Waals surface area contributed by atoms with Gasteiger partial charge < -0.3 is 14.8 Å². The molecule has 0 aliphatic carbocycles. The summed E-state index contributed by atoms with van der Waals surface area (Å²) in [7, 11) is -5.96. The molecular formula is C26H35N3O7S2. The largest absolute Gasteiger partial charge is 0.495 e. The Kier molecular flexibility index (Phi) is 9.42. The quantitative estimate of drug-likeness (QED) is 0.469. The second-order valence-electron chi connectivity index (χ2n) is 9.47. The first-order valence-corrected chi connectivity index (χ1v) is 15.8. The lowest BCUT2D eigenvalue weighted by Gasteiger charge is -2.31. The third-order valence-corrected chi connectivity index (χ3v) is 10.7. The highest BCUT2D eigenvalue weighted by Gasteiger charge is 2.33. The lowest BCUT2D eigenvalue weighted by molar-refractivity contribution is -0.120. The number of benzene rings is 2. The van der Waals surface area contributed by atoms with E-state index in [0.717, 1.165) is 5.56 Å². The number of amides is 1. The van der Waals surface area contributed by atoms with Gasteiger partial charge in [-0.3, -0.25) is 4.79 Å². The van der Waals surface area contributed by atoms with E-state index in [1.165, 1.54) is 27.9 Å². The minimum absolute atomic E-state index is 0.0253. The van der Waals surface area contributed by atoms with Gasteiger partial charge in [0.2, 0.25) is 26.0 Å². The monoisotopic (exact) mass is 565 g/mol. The van der Waals surface area contributed by atoms with E-state index in [1.807, 2.05) is 30.3 Å². The maximum Gasteiger partial charge on any atom is 0.246 e. The molecule has 0 unspecified atom stereocenters. The molecule has 1 N–H and O–H groups in total. The third-order valence-electron chi connectivity index (χ3n) is 6.88. The Bertz CT molecular complexity index is 1310. The number of piperidine rings is 1. The molecular weight excluding hydrogens is 530 g/mol. The molecule has 2 aromatic carbocycles. The number of anilines is 1.